The van der Waals surface area contributed by atoms with E-state index in [9.17, 15) is 0 Å². The molecule has 1 aromatic carbocycles. The molecule has 0 aliphatic rings. The van der Waals surface area contributed by atoms with Crippen molar-refractivity contribution in [3.8, 4) is 11.3 Å². The van der Waals surface area contributed by atoms with Gasteiger partial charge in [-0.25, -0.2) is 14.8 Å². The van der Waals surface area contributed by atoms with Gasteiger partial charge in [-0.3, -0.25) is 0 Å². The van der Waals surface area contributed by atoms with E-state index in [-0.39, 0.29) is 0 Å². The number of rotatable bonds is 3. The minimum Gasteiger partial charge on any atom is -0.345 e. The molecular formula is C16H12N4. The van der Waals surface area contributed by atoms with E-state index in [1.165, 1.54) is 6.20 Å². The fraction of sp³-hybridized carbons (Fsp3) is 0.0625. The second-order valence-electron chi connectivity index (χ2n) is 4.35. The third-order valence-electron chi connectivity index (χ3n) is 3.05. The molecule has 0 unspecified atom stereocenters. The van der Waals surface area contributed by atoms with Crippen molar-refractivity contribution in [2.75, 3.05) is 0 Å². The van der Waals surface area contributed by atoms with Crippen LogP contribution in [0.15, 0.2) is 55.0 Å². The third kappa shape index (κ3) is 2.29. The molecule has 0 fully saturated rings. The highest BCUT2D eigenvalue weighted by atomic mass is 14.9. The topological polar surface area (TPSA) is 45.9 Å². The van der Waals surface area contributed by atoms with Gasteiger partial charge < -0.3 is 4.98 Å². The van der Waals surface area contributed by atoms with E-state index in [4.69, 9.17) is 6.57 Å². The largest absolute Gasteiger partial charge is 0.345 e. The van der Waals surface area contributed by atoms with Crippen LogP contribution in [0.3, 0.4) is 0 Å². The molecule has 0 bridgehead atoms. The molecular weight excluding hydrogens is 248 g/mol. The zero-order valence-corrected chi connectivity index (χ0v) is 10.7. The van der Waals surface area contributed by atoms with Gasteiger partial charge in [-0.2, -0.15) is 0 Å². The molecule has 2 aromatic heterocycles. The van der Waals surface area contributed by atoms with Gasteiger partial charge >= 0.3 is 0 Å². The summed E-state index contributed by atoms with van der Waals surface area (Å²) in [5, 5.41) is 0. The Hall–Kier alpha value is -2.93. The van der Waals surface area contributed by atoms with Crippen LogP contribution in [-0.2, 0) is 6.42 Å². The van der Waals surface area contributed by atoms with Gasteiger partial charge in [0.25, 0.3) is 0 Å². The number of hydrogen-bond donors (Lipinski definition) is 1. The standard InChI is InChI=1S/C16H12N4/c1-17-9-5-8-13-10-18-16-15(13)20-14(11-19-16)12-6-3-2-4-7-12/h2-7,9-11H,8H2,(H,18,19)/b9-5-. The summed E-state index contributed by atoms with van der Waals surface area (Å²) in [7, 11) is 0. The Kier molecular flexibility index (Phi) is 3.25. The van der Waals surface area contributed by atoms with Gasteiger partial charge in [0.1, 0.15) is 5.52 Å². The lowest BCUT2D eigenvalue weighted by atomic mass is 10.1. The highest BCUT2D eigenvalue weighted by Gasteiger charge is 2.07. The molecule has 4 nitrogen and oxygen atoms in total. The van der Waals surface area contributed by atoms with Crippen molar-refractivity contribution in [2.45, 2.75) is 6.42 Å². The van der Waals surface area contributed by atoms with Crippen LogP contribution in [0, 0.1) is 6.57 Å². The van der Waals surface area contributed by atoms with Crippen molar-refractivity contribution >= 4 is 11.2 Å². The molecule has 3 aromatic rings. The Morgan fingerprint density at radius 2 is 2.10 bits per heavy atom. The Bertz CT molecular complexity index is 794. The first-order valence-electron chi connectivity index (χ1n) is 6.28. The summed E-state index contributed by atoms with van der Waals surface area (Å²) in [6, 6.07) is 9.98. The van der Waals surface area contributed by atoms with E-state index in [2.05, 4.69) is 19.8 Å². The molecule has 3 rings (SSSR count). The van der Waals surface area contributed by atoms with Gasteiger partial charge in [-0.1, -0.05) is 36.4 Å². The Morgan fingerprint density at radius 3 is 2.90 bits per heavy atom. The number of fused-ring (bicyclic) bond motifs is 1. The first-order valence-corrected chi connectivity index (χ1v) is 6.28. The zero-order chi connectivity index (χ0) is 13.8. The predicted molar refractivity (Wildman–Crippen MR) is 78.8 cm³/mol. The molecule has 1 N–H and O–H groups in total. The summed E-state index contributed by atoms with van der Waals surface area (Å²) in [6.45, 7) is 6.74. The lowest BCUT2D eigenvalue weighted by Crippen LogP contribution is -1.89. The van der Waals surface area contributed by atoms with Crippen molar-refractivity contribution in [1.82, 2.24) is 15.0 Å². The summed E-state index contributed by atoms with van der Waals surface area (Å²) in [5.41, 5.74) is 4.58. The van der Waals surface area contributed by atoms with Gasteiger partial charge in [0, 0.05) is 17.3 Å². The van der Waals surface area contributed by atoms with Crippen LogP contribution in [0.25, 0.3) is 27.3 Å². The van der Waals surface area contributed by atoms with E-state index in [1.807, 2.05) is 42.6 Å². The summed E-state index contributed by atoms with van der Waals surface area (Å²) in [4.78, 5) is 15.4. The van der Waals surface area contributed by atoms with Crippen LogP contribution < -0.4 is 0 Å². The molecule has 0 spiro atoms. The number of allylic oxidation sites excluding steroid dienone is 1. The van der Waals surface area contributed by atoms with E-state index in [1.54, 1.807) is 6.20 Å². The van der Waals surface area contributed by atoms with Crippen LogP contribution in [0.4, 0.5) is 0 Å². The summed E-state index contributed by atoms with van der Waals surface area (Å²) in [6.07, 6.45) is 7.63. The van der Waals surface area contributed by atoms with Crippen molar-refractivity contribution in [3.05, 3.63) is 72.0 Å². The molecule has 0 atom stereocenters. The van der Waals surface area contributed by atoms with Crippen molar-refractivity contribution in [3.63, 3.8) is 0 Å². The van der Waals surface area contributed by atoms with Crippen molar-refractivity contribution in [2.24, 2.45) is 0 Å². The van der Waals surface area contributed by atoms with E-state index in [0.29, 0.717) is 6.42 Å². The SMILES string of the molecule is [C-]#[N+]/C=C\Cc1c[nH]c2ncc(-c3ccccc3)nc12. The van der Waals surface area contributed by atoms with E-state index < -0.39 is 0 Å². The quantitative estimate of drug-likeness (QED) is 0.731. The summed E-state index contributed by atoms with van der Waals surface area (Å²) < 4.78 is 0. The van der Waals surface area contributed by atoms with E-state index >= 15 is 0 Å². The Balaban J connectivity index is 2.04. The van der Waals surface area contributed by atoms with Crippen molar-refractivity contribution < 1.29 is 0 Å². The first-order chi connectivity index (χ1) is 9.88. The molecule has 0 radical (unpaired) electrons. The van der Waals surface area contributed by atoms with Crippen LogP contribution in [0.2, 0.25) is 0 Å². The number of nitrogens with zero attached hydrogens (tertiary/aromatic N) is 3. The van der Waals surface area contributed by atoms with E-state index in [0.717, 1.165) is 28.0 Å². The van der Waals surface area contributed by atoms with Gasteiger partial charge in [0.2, 0.25) is 0 Å². The Labute approximate surface area is 116 Å². The average molecular weight is 260 g/mol. The van der Waals surface area contributed by atoms with Crippen LogP contribution >= 0.6 is 0 Å². The second-order valence-corrected chi connectivity index (χ2v) is 4.35. The average Bonchev–Trinajstić information content (AvgIpc) is 2.91. The Morgan fingerprint density at radius 1 is 1.25 bits per heavy atom. The molecule has 0 aliphatic carbocycles. The number of aromatic nitrogens is 3. The molecule has 2 heterocycles. The molecule has 0 saturated carbocycles. The number of H-pyrrole nitrogens is 1. The minimum atomic E-state index is 0.676. The van der Waals surface area contributed by atoms with Crippen LogP contribution in [0.1, 0.15) is 5.56 Å². The van der Waals surface area contributed by atoms with Crippen LogP contribution in [0.5, 0.6) is 0 Å². The zero-order valence-electron chi connectivity index (χ0n) is 10.7. The van der Waals surface area contributed by atoms with Gasteiger partial charge in [0.15, 0.2) is 11.8 Å². The molecule has 0 aliphatic heterocycles. The monoisotopic (exact) mass is 260 g/mol. The number of nitrogens with one attached hydrogen (secondary N) is 1. The smallest absolute Gasteiger partial charge is 0.156 e. The lowest BCUT2D eigenvalue weighted by Gasteiger charge is -2.01. The number of aromatic amines is 1. The van der Waals surface area contributed by atoms with Gasteiger partial charge in [-0.05, 0) is 6.42 Å². The third-order valence-corrected chi connectivity index (χ3v) is 3.05. The summed E-state index contributed by atoms with van der Waals surface area (Å²) in [5.74, 6) is 0. The fourth-order valence-electron chi connectivity index (χ4n) is 2.08. The molecule has 20 heavy (non-hydrogen) atoms. The minimum absolute atomic E-state index is 0.676. The highest BCUT2D eigenvalue weighted by Crippen LogP contribution is 2.21. The number of benzene rings is 1. The van der Waals surface area contributed by atoms with Crippen molar-refractivity contribution in [1.29, 1.82) is 0 Å². The lowest BCUT2D eigenvalue weighted by molar-refractivity contribution is 1.25. The molecule has 0 saturated heterocycles. The normalized spacial score (nSPS) is 10.9. The second kappa shape index (κ2) is 5.37. The highest BCUT2D eigenvalue weighted by molar-refractivity contribution is 5.78. The van der Waals surface area contributed by atoms with Gasteiger partial charge in [0.05, 0.1) is 18.5 Å². The maximum absolute atomic E-state index is 6.74. The number of hydrogen-bond acceptors (Lipinski definition) is 2. The maximum atomic E-state index is 6.74. The van der Waals surface area contributed by atoms with Gasteiger partial charge in [-0.15, -0.1) is 0 Å². The fourth-order valence-corrected chi connectivity index (χ4v) is 2.08. The maximum Gasteiger partial charge on any atom is 0.156 e. The predicted octanol–water partition coefficient (Wildman–Crippen LogP) is 3.60. The summed E-state index contributed by atoms with van der Waals surface area (Å²) >= 11 is 0. The molecule has 96 valence electrons. The molecule has 4 heteroatoms. The molecule has 0 amide bonds. The van der Waals surface area contributed by atoms with Crippen LogP contribution in [-0.4, -0.2) is 15.0 Å². The first kappa shape index (κ1) is 12.1.